The van der Waals surface area contributed by atoms with Gasteiger partial charge >= 0.3 is 0 Å². The Morgan fingerprint density at radius 1 is 1.67 bits per heavy atom. The van der Waals surface area contributed by atoms with E-state index in [2.05, 4.69) is 5.32 Å². The van der Waals surface area contributed by atoms with E-state index in [-0.39, 0.29) is 12.3 Å². The fourth-order valence-electron chi connectivity index (χ4n) is 0.466. The molecule has 0 fully saturated rings. The van der Waals surface area contributed by atoms with Crippen LogP contribution in [-0.2, 0) is 0 Å². The summed E-state index contributed by atoms with van der Waals surface area (Å²) >= 11 is 0. The van der Waals surface area contributed by atoms with Gasteiger partial charge in [0.1, 0.15) is 0 Å². The molecule has 2 atom stereocenters. The van der Waals surface area contributed by atoms with Crippen molar-refractivity contribution in [1.29, 1.82) is 0 Å². The van der Waals surface area contributed by atoms with E-state index in [0.717, 1.165) is 6.42 Å². The second kappa shape index (κ2) is 4.73. The van der Waals surface area contributed by atoms with Crippen LogP contribution in [0.15, 0.2) is 0 Å². The standard InChI is InChI=1S/C6H16N2O/c1-3-6(9)4-8-5(2)7/h5-6,8-9H,3-4,7H2,1-2H3. The number of nitrogens with two attached hydrogens (primary N) is 1. The maximum Gasteiger partial charge on any atom is 0.0662 e. The van der Waals surface area contributed by atoms with Crippen molar-refractivity contribution < 1.29 is 5.11 Å². The minimum Gasteiger partial charge on any atom is -0.392 e. The monoisotopic (exact) mass is 132 g/mol. The van der Waals surface area contributed by atoms with Gasteiger partial charge in [-0.1, -0.05) is 6.92 Å². The summed E-state index contributed by atoms with van der Waals surface area (Å²) in [7, 11) is 0. The Hall–Kier alpha value is -0.120. The van der Waals surface area contributed by atoms with Crippen LogP contribution >= 0.6 is 0 Å². The normalized spacial score (nSPS) is 17.3. The number of nitrogens with one attached hydrogen (secondary N) is 1. The molecule has 2 unspecified atom stereocenters. The lowest BCUT2D eigenvalue weighted by molar-refractivity contribution is 0.164. The van der Waals surface area contributed by atoms with Crippen LogP contribution in [0.3, 0.4) is 0 Å². The van der Waals surface area contributed by atoms with Crippen molar-refractivity contribution in [2.45, 2.75) is 32.5 Å². The number of rotatable bonds is 4. The average Bonchev–Trinajstić information content (AvgIpc) is 1.83. The van der Waals surface area contributed by atoms with Gasteiger partial charge in [-0.15, -0.1) is 0 Å². The molecule has 0 heterocycles. The van der Waals surface area contributed by atoms with Gasteiger partial charge in [-0.25, -0.2) is 0 Å². The van der Waals surface area contributed by atoms with E-state index in [4.69, 9.17) is 10.8 Å². The second-order valence-corrected chi connectivity index (χ2v) is 2.26. The highest BCUT2D eigenvalue weighted by Crippen LogP contribution is 1.85. The van der Waals surface area contributed by atoms with Crippen LogP contribution < -0.4 is 11.1 Å². The highest BCUT2D eigenvalue weighted by atomic mass is 16.3. The van der Waals surface area contributed by atoms with Gasteiger partial charge in [-0.3, -0.25) is 5.32 Å². The molecule has 0 aromatic rings. The van der Waals surface area contributed by atoms with Crippen molar-refractivity contribution in [2.24, 2.45) is 5.73 Å². The summed E-state index contributed by atoms with van der Waals surface area (Å²) in [5, 5.41) is 11.9. The molecule has 0 aromatic heterocycles. The van der Waals surface area contributed by atoms with E-state index in [1.54, 1.807) is 0 Å². The van der Waals surface area contributed by atoms with Crippen molar-refractivity contribution in [2.75, 3.05) is 6.54 Å². The molecule has 0 amide bonds. The number of hydrogen-bond acceptors (Lipinski definition) is 3. The molecule has 56 valence electrons. The molecular weight excluding hydrogens is 116 g/mol. The Morgan fingerprint density at radius 3 is 2.56 bits per heavy atom. The van der Waals surface area contributed by atoms with Crippen LogP contribution in [0.1, 0.15) is 20.3 Å². The lowest BCUT2D eigenvalue weighted by atomic mass is 10.3. The van der Waals surface area contributed by atoms with E-state index in [0.29, 0.717) is 6.54 Å². The molecular formula is C6H16N2O. The lowest BCUT2D eigenvalue weighted by Crippen LogP contribution is -2.39. The van der Waals surface area contributed by atoms with E-state index in [1.165, 1.54) is 0 Å². The molecule has 4 N–H and O–H groups in total. The van der Waals surface area contributed by atoms with Gasteiger partial charge in [0.05, 0.1) is 12.3 Å². The van der Waals surface area contributed by atoms with Crippen LogP contribution in [0.5, 0.6) is 0 Å². The molecule has 3 heteroatoms. The molecule has 0 aliphatic heterocycles. The molecule has 0 saturated carbocycles. The zero-order valence-electron chi connectivity index (χ0n) is 6.09. The quantitative estimate of drug-likeness (QED) is 0.458. The van der Waals surface area contributed by atoms with E-state index < -0.39 is 0 Å². The van der Waals surface area contributed by atoms with Crippen molar-refractivity contribution >= 4 is 0 Å². The third-order valence-electron chi connectivity index (χ3n) is 1.15. The second-order valence-electron chi connectivity index (χ2n) is 2.26. The van der Waals surface area contributed by atoms with Crippen LogP contribution in [0.25, 0.3) is 0 Å². The van der Waals surface area contributed by atoms with E-state index in [1.807, 2.05) is 13.8 Å². The van der Waals surface area contributed by atoms with Gasteiger partial charge in [0.25, 0.3) is 0 Å². The smallest absolute Gasteiger partial charge is 0.0662 e. The molecule has 0 bridgehead atoms. The van der Waals surface area contributed by atoms with Crippen LogP contribution in [0.4, 0.5) is 0 Å². The predicted octanol–water partition coefficient (Wildman–Crippen LogP) is -0.348. The van der Waals surface area contributed by atoms with Crippen molar-refractivity contribution in [3.63, 3.8) is 0 Å². The summed E-state index contributed by atoms with van der Waals surface area (Å²) in [6, 6.07) is 0. The van der Waals surface area contributed by atoms with Crippen LogP contribution in [-0.4, -0.2) is 23.9 Å². The molecule has 0 aliphatic rings. The SMILES string of the molecule is CCC(O)CNC(C)N. The molecule has 0 spiro atoms. The average molecular weight is 132 g/mol. The first-order chi connectivity index (χ1) is 4.16. The Morgan fingerprint density at radius 2 is 2.22 bits per heavy atom. The Labute approximate surface area is 56.2 Å². The zero-order chi connectivity index (χ0) is 7.28. The third kappa shape index (κ3) is 5.76. The van der Waals surface area contributed by atoms with Gasteiger partial charge < -0.3 is 10.8 Å². The van der Waals surface area contributed by atoms with Gasteiger partial charge in [-0.2, -0.15) is 0 Å². The molecule has 9 heavy (non-hydrogen) atoms. The Kier molecular flexibility index (Phi) is 4.67. The third-order valence-corrected chi connectivity index (χ3v) is 1.15. The first-order valence-corrected chi connectivity index (χ1v) is 3.33. The minimum absolute atomic E-state index is 0.0220. The van der Waals surface area contributed by atoms with Gasteiger partial charge in [0, 0.05) is 6.54 Å². The maximum atomic E-state index is 8.99. The number of aliphatic hydroxyl groups excluding tert-OH is 1. The minimum atomic E-state index is -0.254. The van der Waals surface area contributed by atoms with Gasteiger partial charge in [-0.05, 0) is 13.3 Å². The molecule has 0 saturated heterocycles. The summed E-state index contributed by atoms with van der Waals surface area (Å²) in [5.74, 6) is 0. The highest BCUT2D eigenvalue weighted by molar-refractivity contribution is 4.58. The fourth-order valence-corrected chi connectivity index (χ4v) is 0.466. The van der Waals surface area contributed by atoms with Crippen LogP contribution in [0, 0.1) is 0 Å². The van der Waals surface area contributed by atoms with Gasteiger partial charge in [0.2, 0.25) is 0 Å². The summed E-state index contributed by atoms with van der Waals surface area (Å²) in [6.07, 6.45) is 0.502. The number of hydrogen-bond donors (Lipinski definition) is 3. The largest absolute Gasteiger partial charge is 0.392 e. The summed E-state index contributed by atoms with van der Waals surface area (Å²) in [5.41, 5.74) is 5.37. The first kappa shape index (κ1) is 8.88. The van der Waals surface area contributed by atoms with E-state index >= 15 is 0 Å². The van der Waals surface area contributed by atoms with Crippen molar-refractivity contribution in [1.82, 2.24) is 5.32 Å². The van der Waals surface area contributed by atoms with Crippen LogP contribution in [0.2, 0.25) is 0 Å². The van der Waals surface area contributed by atoms with Gasteiger partial charge in [0.15, 0.2) is 0 Å². The highest BCUT2D eigenvalue weighted by Gasteiger charge is 1.99. The first-order valence-electron chi connectivity index (χ1n) is 3.33. The molecule has 3 nitrogen and oxygen atoms in total. The molecule has 0 aliphatic carbocycles. The Balaban J connectivity index is 3.06. The van der Waals surface area contributed by atoms with E-state index in [9.17, 15) is 0 Å². The molecule has 0 rings (SSSR count). The predicted molar refractivity (Wildman–Crippen MR) is 37.9 cm³/mol. The topological polar surface area (TPSA) is 58.3 Å². The summed E-state index contributed by atoms with van der Waals surface area (Å²) < 4.78 is 0. The van der Waals surface area contributed by atoms with Crippen molar-refractivity contribution in [3.8, 4) is 0 Å². The lowest BCUT2D eigenvalue weighted by Gasteiger charge is -2.11. The Bertz CT molecular complexity index is 66.1. The summed E-state index contributed by atoms with van der Waals surface area (Å²) in [6.45, 7) is 4.38. The molecule has 0 radical (unpaired) electrons. The zero-order valence-corrected chi connectivity index (χ0v) is 6.09. The molecule has 0 aromatic carbocycles. The summed E-state index contributed by atoms with van der Waals surface area (Å²) in [4.78, 5) is 0. The number of aliphatic hydroxyl groups is 1. The maximum absolute atomic E-state index is 8.99. The fraction of sp³-hybridized carbons (Fsp3) is 1.00. The van der Waals surface area contributed by atoms with Crippen molar-refractivity contribution in [3.05, 3.63) is 0 Å².